The predicted octanol–water partition coefficient (Wildman–Crippen LogP) is 4.37. The molecule has 0 atom stereocenters. The highest BCUT2D eigenvalue weighted by Crippen LogP contribution is 2.31. The maximum absolute atomic E-state index is 12.7. The van der Waals surface area contributed by atoms with Gasteiger partial charge in [0, 0.05) is 12.1 Å². The van der Waals surface area contributed by atoms with Gasteiger partial charge in [0.2, 0.25) is 5.91 Å². The summed E-state index contributed by atoms with van der Waals surface area (Å²) >= 11 is 0. The van der Waals surface area contributed by atoms with Crippen molar-refractivity contribution in [1.82, 2.24) is 10.2 Å². The number of unbranched alkanes of at least 4 members (excludes halogenated alkanes) is 1. The Balaban J connectivity index is 2.00. The number of rotatable bonds is 6. The molecular weight excluding hydrogens is 321 g/mol. The Morgan fingerprint density at radius 1 is 1.12 bits per heavy atom. The maximum atomic E-state index is 12.7. The summed E-state index contributed by atoms with van der Waals surface area (Å²) in [6.45, 7) is 1.99. The number of carbonyl (C=O) groups excluding carboxylic acids is 1. The molecule has 1 heterocycles. The molecule has 0 aliphatic heterocycles. The number of hydrogen-bond donors (Lipinski definition) is 2. The van der Waals surface area contributed by atoms with Crippen LogP contribution in [-0.4, -0.2) is 16.1 Å². The van der Waals surface area contributed by atoms with Gasteiger partial charge in [-0.1, -0.05) is 19.4 Å². The summed E-state index contributed by atoms with van der Waals surface area (Å²) < 4.78 is 38.0. The minimum absolute atomic E-state index is 0.148. The van der Waals surface area contributed by atoms with Crippen molar-refractivity contribution in [3.8, 4) is 0 Å². The number of anilines is 3. The van der Waals surface area contributed by atoms with E-state index in [2.05, 4.69) is 20.8 Å². The topological polar surface area (TPSA) is 66.9 Å². The number of hydrogen-bond acceptors (Lipinski definition) is 4. The summed E-state index contributed by atoms with van der Waals surface area (Å²) in [6, 6.07) is 7.85. The van der Waals surface area contributed by atoms with Crippen molar-refractivity contribution in [1.29, 1.82) is 0 Å². The second-order valence-corrected chi connectivity index (χ2v) is 5.16. The molecule has 0 saturated heterocycles. The molecule has 0 fully saturated rings. The first-order valence-electron chi connectivity index (χ1n) is 7.46. The molecule has 0 spiro atoms. The summed E-state index contributed by atoms with van der Waals surface area (Å²) in [5.74, 6) is 0.427. The minimum Gasteiger partial charge on any atom is -0.339 e. The van der Waals surface area contributed by atoms with Crippen LogP contribution < -0.4 is 10.6 Å². The third-order valence-corrected chi connectivity index (χ3v) is 3.15. The Kier molecular flexibility index (Phi) is 5.73. The number of nitrogens with one attached hydrogen (secondary N) is 2. The number of halogens is 3. The lowest BCUT2D eigenvalue weighted by Gasteiger charge is -2.10. The van der Waals surface area contributed by atoms with Crippen molar-refractivity contribution in [2.45, 2.75) is 32.4 Å². The molecule has 0 aliphatic rings. The average Bonchev–Trinajstić information content (AvgIpc) is 2.54. The second-order valence-electron chi connectivity index (χ2n) is 5.16. The van der Waals surface area contributed by atoms with E-state index in [-0.39, 0.29) is 17.4 Å². The van der Waals surface area contributed by atoms with Gasteiger partial charge in [0.25, 0.3) is 0 Å². The molecule has 0 saturated carbocycles. The Bertz CT molecular complexity index is 686. The normalized spacial score (nSPS) is 11.2. The molecule has 0 unspecified atom stereocenters. The van der Waals surface area contributed by atoms with Crippen molar-refractivity contribution >= 4 is 23.2 Å². The van der Waals surface area contributed by atoms with Gasteiger partial charge in [0.1, 0.15) is 0 Å². The van der Waals surface area contributed by atoms with Gasteiger partial charge in [-0.25, -0.2) is 0 Å². The molecule has 24 heavy (non-hydrogen) atoms. The fourth-order valence-corrected chi connectivity index (χ4v) is 1.93. The zero-order chi connectivity index (χ0) is 17.6. The second kappa shape index (κ2) is 7.76. The average molecular weight is 338 g/mol. The zero-order valence-electron chi connectivity index (χ0n) is 13.0. The SMILES string of the molecule is CCCCC(=O)Nc1ccc(Nc2cccc(C(F)(F)F)c2)nn1. The summed E-state index contributed by atoms with van der Waals surface area (Å²) in [5, 5.41) is 13.0. The Morgan fingerprint density at radius 3 is 2.46 bits per heavy atom. The minimum atomic E-state index is -4.41. The van der Waals surface area contributed by atoms with Gasteiger partial charge in [0.05, 0.1) is 5.56 Å². The molecular formula is C16H17F3N4O. The van der Waals surface area contributed by atoms with Gasteiger partial charge >= 0.3 is 6.18 Å². The number of nitrogens with zero attached hydrogens (tertiary/aromatic N) is 2. The predicted molar refractivity (Wildman–Crippen MR) is 84.9 cm³/mol. The summed E-state index contributed by atoms with van der Waals surface area (Å²) in [5.41, 5.74) is -0.501. The van der Waals surface area contributed by atoms with Gasteiger partial charge in [0.15, 0.2) is 11.6 Å². The molecule has 1 amide bonds. The van der Waals surface area contributed by atoms with Crippen LogP contribution in [0.25, 0.3) is 0 Å². The molecule has 8 heteroatoms. The fourth-order valence-electron chi connectivity index (χ4n) is 1.93. The highest BCUT2D eigenvalue weighted by atomic mass is 19.4. The summed E-state index contributed by atoms with van der Waals surface area (Å²) in [4.78, 5) is 11.6. The highest BCUT2D eigenvalue weighted by Gasteiger charge is 2.30. The number of aromatic nitrogens is 2. The van der Waals surface area contributed by atoms with Gasteiger partial charge in [-0.15, -0.1) is 10.2 Å². The van der Waals surface area contributed by atoms with E-state index < -0.39 is 11.7 Å². The van der Waals surface area contributed by atoms with Crippen LogP contribution in [0.5, 0.6) is 0 Å². The first kappa shape index (κ1) is 17.7. The van der Waals surface area contributed by atoms with Crippen molar-refractivity contribution < 1.29 is 18.0 Å². The lowest BCUT2D eigenvalue weighted by molar-refractivity contribution is -0.137. The van der Waals surface area contributed by atoms with Gasteiger partial charge in [-0.3, -0.25) is 4.79 Å². The van der Waals surface area contributed by atoms with Gasteiger partial charge in [-0.05, 0) is 36.8 Å². The van der Waals surface area contributed by atoms with Gasteiger partial charge < -0.3 is 10.6 Å². The molecule has 2 rings (SSSR count). The Hall–Kier alpha value is -2.64. The van der Waals surface area contributed by atoms with Crippen LogP contribution >= 0.6 is 0 Å². The van der Waals surface area contributed by atoms with Gasteiger partial charge in [-0.2, -0.15) is 13.2 Å². The first-order valence-corrected chi connectivity index (χ1v) is 7.46. The molecule has 0 bridgehead atoms. The number of carbonyl (C=O) groups is 1. The lowest BCUT2D eigenvalue weighted by atomic mass is 10.2. The van der Waals surface area contributed by atoms with Crippen LogP contribution in [0.4, 0.5) is 30.5 Å². The van der Waals surface area contributed by atoms with E-state index in [1.807, 2.05) is 6.92 Å². The Morgan fingerprint density at radius 2 is 1.83 bits per heavy atom. The molecule has 1 aromatic heterocycles. The van der Waals surface area contributed by atoms with Crippen molar-refractivity contribution in [2.75, 3.05) is 10.6 Å². The zero-order valence-corrected chi connectivity index (χ0v) is 13.0. The van der Waals surface area contributed by atoms with Crippen LogP contribution in [0.2, 0.25) is 0 Å². The third-order valence-electron chi connectivity index (χ3n) is 3.15. The molecule has 5 nitrogen and oxygen atoms in total. The van der Waals surface area contributed by atoms with Crippen LogP contribution in [0.3, 0.4) is 0 Å². The summed E-state index contributed by atoms with van der Waals surface area (Å²) in [6.07, 6.45) is -2.30. The standard InChI is InChI=1S/C16H17F3N4O/c1-2-3-7-15(24)21-14-9-8-13(22-23-14)20-12-6-4-5-11(10-12)16(17,18)19/h4-6,8-10H,2-3,7H2,1H3,(H,20,22)(H,21,23,24). The van der Waals surface area contributed by atoms with Crippen LogP contribution in [0.1, 0.15) is 31.7 Å². The van der Waals surface area contributed by atoms with E-state index >= 15 is 0 Å². The summed E-state index contributed by atoms with van der Waals surface area (Å²) in [7, 11) is 0. The third kappa shape index (κ3) is 5.22. The molecule has 0 radical (unpaired) electrons. The molecule has 2 aromatic rings. The molecule has 0 aliphatic carbocycles. The van der Waals surface area contributed by atoms with Crippen LogP contribution in [0, 0.1) is 0 Å². The van der Waals surface area contributed by atoms with Crippen LogP contribution in [-0.2, 0) is 11.0 Å². The van der Waals surface area contributed by atoms with E-state index in [0.717, 1.165) is 25.0 Å². The number of alkyl halides is 3. The molecule has 128 valence electrons. The van der Waals surface area contributed by atoms with E-state index in [1.54, 1.807) is 0 Å². The fraction of sp³-hybridized carbons (Fsp3) is 0.312. The van der Waals surface area contributed by atoms with Crippen molar-refractivity contribution in [3.63, 3.8) is 0 Å². The van der Waals surface area contributed by atoms with E-state index in [0.29, 0.717) is 12.2 Å². The van der Waals surface area contributed by atoms with Crippen molar-refractivity contribution in [2.24, 2.45) is 0 Å². The lowest BCUT2D eigenvalue weighted by Crippen LogP contribution is -2.12. The molecule has 1 aromatic carbocycles. The van der Waals surface area contributed by atoms with E-state index in [9.17, 15) is 18.0 Å². The molecule has 2 N–H and O–H groups in total. The van der Waals surface area contributed by atoms with E-state index in [1.165, 1.54) is 24.3 Å². The van der Waals surface area contributed by atoms with E-state index in [4.69, 9.17) is 0 Å². The number of amides is 1. The largest absolute Gasteiger partial charge is 0.416 e. The Labute approximate surface area is 137 Å². The number of benzene rings is 1. The quantitative estimate of drug-likeness (QED) is 0.821. The first-order chi connectivity index (χ1) is 11.4. The monoisotopic (exact) mass is 338 g/mol. The smallest absolute Gasteiger partial charge is 0.339 e. The highest BCUT2D eigenvalue weighted by molar-refractivity contribution is 5.89. The van der Waals surface area contributed by atoms with Crippen molar-refractivity contribution in [3.05, 3.63) is 42.0 Å². The van der Waals surface area contributed by atoms with Crippen LogP contribution in [0.15, 0.2) is 36.4 Å². The maximum Gasteiger partial charge on any atom is 0.416 e.